The predicted molar refractivity (Wildman–Crippen MR) is 111 cm³/mol. The Hall–Kier alpha value is -2.12. The Bertz CT molecular complexity index is 1080. The standard InChI is InChI=1S/C21H23NO4S2/c1-2-15-5-6-20-19(10-15)16(13-26-20)11-21(23)22(12-18-4-3-8-27-18)17-7-9-28(24,25)14-17/h3-6,8,10,13,17H,2,7,9,11-12,14H2,1H3/t17-/m1/s1. The van der Waals surface area contributed by atoms with Crippen LogP contribution in [0.1, 0.15) is 29.3 Å². The van der Waals surface area contributed by atoms with Crippen molar-refractivity contribution >= 4 is 38.1 Å². The molecule has 0 aliphatic carbocycles. The zero-order chi connectivity index (χ0) is 19.7. The molecule has 0 N–H and O–H groups in total. The van der Waals surface area contributed by atoms with Crippen molar-refractivity contribution in [2.75, 3.05) is 11.5 Å². The number of fused-ring (bicyclic) bond motifs is 1. The smallest absolute Gasteiger partial charge is 0.227 e. The molecule has 0 radical (unpaired) electrons. The number of furan rings is 1. The van der Waals surface area contributed by atoms with Gasteiger partial charge in [0, 0.05) is 21.9 Å². The van der Waals surface area contributed by atoms with Crippen LogP contribution >= 0.6 is 11.3 Å². The molecule has 1 aliphatic rings. The van der Waals surface area contributed by atoms with Crippen LogP contribution in [0.3, 0.4) is 0 Å². The normalized spacial score (nSPS) is 18.5. The third-order valence-electron chi connectivity index (χ3n) is 5.34. The summed E-state index contributed by atoms with van der Waals surface area (Å²) >= 11 is 1.58. The van der Waals surface area contributed by atoms with Gasteiger partial charge < -0.3 is 9.32 Å². The molecule has 5 nitrogen and oxygen atoms in total. The Morgan fingerprint density at radius 3 is 2.86 bits per heavy atom. The summed E-state index contributed by atoms with van der Waals surface area (Å²) in [5, 5.41) is 2.93. The van der Waals surface area contributed by atoms with Crippen LogP contribution in [-0.4, -0.2) is 36.8 Å². The third-order valence-corrected chi connectivity index (χ3v) is 7.96. The predicted octanol–water partition coefficient (Wildman–Crippen LogP) is 3.82. The molecule has 1 saturated heterocycles. The van der Waals surface area contributed by atoms with Crippen molar-refractivity contribution in [3.05, 3.63) is 58.0 Å². The summed E-state index contributed by atoms with van der Waals surface area (Å²) in [7, 11) is -3.07. The van der Waals surface area contributed by atoms with Crippen LogP contribution in [0.5, 0.6) is 0 Å². The van der Waals surface area contributed by atoms with Gasteiger partial charge in [-0.15, -0.1) is 11.3 Å². The van der Waals surface area contributed by atoms with Gasteiger partial charge in [0.05, 0.1) is 30.7 Å². The van der Waals surface area contributed by atoms with Gasteiger partial charge in [-0.25, -0.2) is 8.42 Å². The van der Waals surface area contributed by atoms with Gasteiger partial charge in [0.1, 0.15) is 5.58 Å². The maximum atomic E-state index is 13.2. The van der Waals surface area contributed by atoms with E-state index >= 15 is 0 Å². The molecule has 0 saturated carbocycles. The molecule has 1 aliphatic heterocycles. The molecule has 7 heteroatoms. The van der Waals surface area contributed by atoms with Gasteiger partial charge in [-0.05, 0) is 42.0 Å². The van der Waals surface area contributed by atoms with E-state index in [0.29, 0.717) is 13.0 Å². The summed E-state index contributed by atoms with van der Waals surface area (Å²) in [5.74, 6) is 0.150. The Labute approximate surface area is 168 Å². The molecule has 2 aromatic heterocycles. The molecule has 1 aromatic carbocycles. The minimum Gasteiger partial charge on any atom is -0.464 e. The Morgan fingerprint density at radius 2 is 2.18 bits per heavy atom. The first kappa shape index (κ1) is 19.2. The maximum Gasteiger partial charge on any atom is 0.227 e. The van der Waals surface area contributed by atoms with E-state index in [1.165, 1.54) is 5.56 Å². The Balaban J connectivity index is 1.60. The fourth-order valence-corrected chi connectivity index (χ4v) is 6.20. The monoisotopic (exact) mass is 417 g/mol. The zero-order valence-electron chi connectivity index (χ0n) is 15.8. The second-order valence-corrected chi connectivity index (χ2v) is 10.5. The zero-order valence-corrected chi connectivity index (χ0v) is 17.4. The first-order valence-corrected chi connectivity index (χ1v) is 12.2. The second kappa shape index (κ2) is 7.72. The van der Waals surface area contributed by atoms with Gasteiger partial charge in [0.2, 0.25) is 5.91 Å². The van der Waals surface area contributed by atoms with Gasteiger partial charge >= 0.3 is 0 Å². The number of hydrogen-bond acceptors (Lipinski definition) is 5. The van der Waals surface area contributed by atoms with Crippen molar-refractivity contribution < 1.29 is 17.6 Å². The number of thiophene rings is 1. The number of hydrogen-bond donors (Lipinski definition) is 0. The van der Waals surface area contributed by atoms with Crippen molar-refractivity contribution in [3.8, 4) is 0 Å². The second-order valence-electron chi connectivity index (χ2n) is 7.28. The van der Waals surface area contributed by atoms with E-state index in [4.69, 9.17) is 4.42 Å². The first-order chi connectivity index (χ1) is 13.4. The summed E-state index contributed by atoms with van der Waals surface area (Å²) in [6.45, 7) is 2.54. The number of amides is 1. The van der Waals surface area contributed by atoms with E-state index in [9.17, 15) is 13.2 Å². The molecule has 28 heavy (non-hydrogen) atoms. The summed E-state index contributed by atoms with van der Waals surface area (Å²) in [6, 6.07) is 9.72. The lowest BCUT2D eigenvalue weighted by Gasteiger charge is -2.28. The molecule has 1 amide bonds. The van der Waals surface area contributed by atoms with Crippen LogP contribution in [-0.2, 0) is 34.0 Å². The number of nitrogens with zero attached hydrogens (tertiary/aromatic N) is 1. The number of benzene rings is 1. The summed E-state index contributed by atoms with van der Waals surface area (Å²) in [6.07, 6.45) is 3.28. The topological polar surface area (TPSA) is 67.6 Å². The van der Waals surface area contributed by atoms with E-state index in [0.717, 1.165) is 27.8 Å². The average Bonchev–Trinajstić information content (AvgIpc) is 3.40. The van der Waals surface area contributed by atoms with Crippen LogP contribution in [0.4, 0.5) is 0 Å². The molecule has 1 fully saturated rings. The maximum absolute atomic E-state index is 13.2. The SMILES string of the molecule is CCc1ccc2occ(CC(=O)N(Cc3cccs3)[C@@H]3CCS(=O)(=O)C3)c2c1. The Morgan fingerprint density at radius 1 is 1.32 bits per heavy atom. The van der Waals surface area contributed by atoms with E-state index < -0.39 is 9.84 Å². The quantitative estimate of drug-likeness (QED) is 0.612. The van der Waals surface area contributed by atoms with Gasteiger partial charge in [-0.2, -0.15) is 0 Å². The van der Waals surface area contributed by atoms with Crippen LogP contribution in [0, 0.1) is 0 Å². The summed E-state index contributed by atoms with van der Waals surface area (Å²) in [4.78, 5) is 16.0. The van der Waals surface area contributed by atoms with E-state index in [1.807, 2.05) is 29.6 Å². The molecule has 3 heterocycles. The largest absolute Gasteiger partial charge is 0.464 e. The highest BCUT2D eigenvalue weighted by atomic mass is 32.2. The number of aryl methyl sites for hydroxylation is 1. The molecule has 0 spiro atoms. The fourth-order valence-electron chi connectivity index (χ4n) is 3.76. The lowest BCUT2D eigenvalue weighted by Crippen LogP contribution is -2.41. The minimum atomic E-state index is -3.07. The van der Waals surface area contributed by atoms with Crippen molar-refractivity contribution in [3.63, 3.8) is 0 Å². The molecular formula is C21H23NO4S2. The molecule has 0 unspecified atom stereocenters. The highest BCUT2D eigenvalue weighted by Crippen LogP contribution is 2.26. The molecule has 148 valence electrons. The van der Waals surface area contributed by atoms with Gasteiger partial charge in [0.15, 0.2) is 9.84 Å². The highest BCUT2D eigenvalue weighted by Gasteiger charge is 2.35. The molecule has 0 bridgehead atoms. The third kappa shape index (κ3) is 4.00. The molecule has 1 atom stereocenters. The molecule has 3 aromatic rings. The number of rotatable bonds is 6. The average molecular weight is 418 g/mol. The van der Waals surface area contributed by atoms with Crippen LogP contribution in [0.15, 0.2) is 46.4 Å². The van der Waals surface area contributed by atoms with Crippen LogP contribution in [0.25, 0.3) is 11.0 Å². The van der Waals surface area contributed by atoms with Crippen LogP contribution < -0.4 is 0 Å². The van der Waals surface area contributed by atoms with Gasteiger partial charge in [-0.3, -0.25) is 4.79 Å². The first-order valence-electron chi connectivity index (χ1n) is 9.46. The number of carbonyl (C=O) groups is 1. The van der Waals surface area contributed by atoms with E-state index in [2.05, 4.69) is 13.0 Å². The molecule has 4 rings (SSSR count). The Kier molecular flexibility index (Phi) is 5.29. The summed E-state index contributed by atoms with van der Waals surface area (Å²) < 4.78 is 29.6. The van der Waals surface area contributed by atoms with Gasteiger partial charge in [0.25, 0.3) is 0 Å². The fraction of sp³-hybridized carbons (Fsp3) is 0.381. The van der Waals surface area contributed by atoms with Gasteiger partial charge in [-0.1, -0.05) is 19.1 Å². The minimum absolute atomic E-state index is 0.0518. The van der Waals surface area contributed by atoms with Crippen LogP contribution in [0.2, 0.25) is 0 Å². The van der Waals surface area contributed by atoms with Crippen molar-refractivity contribution in [1.29, 1.82) is 0 Å². The van der Waals surface area contributed by atoms with E-state index in [-0.39, 0.29) is 29.9 Å². The number of carbonyl (C=O) groups excluding carboxylic acids is 1. The summed E-state index contributed by atoms with van der Waals surface area (Å²) in [5.41, 5.74) is 2.82. The lowest BCUT2D eigenvalue weighted by atomic mass is 10.0. The van der Waals surface area contributed by atoms with Crippen molar-refractivity contribution in [2.24, 2.45) is 0 Å². The van der Waals surface area contributed by atoms with Crippen molar-refractivity contribution in [1.82, 2.24) is 4.90 Å². The van der Waals surface area contributed by atoms with Crippen molar-refractivity contribution in [2.45, 2.75) is 38.8 Å². The van der Waals surface area contributed by atoms with E-state index in [1.54, 1.807) is 22.5 Å². The molecular weight excluding hydrogens is 394 g/mol. The highest BCUT2D eigenvalue weighted by molar-refractivity contribution is 7.91. The lowest BCUT2D eigenvalue weighted by molar-refractivity contribution is -0.133. The number of sulfone groups is 1.